The summed E-state index contributed by atoms with van der Waals surface area (Å²) in [5, 5.41) is 15.2. The smallest absolute Gasteiger partial charge is 0.265 e. The molecule has 0 aromatic carbocycles. The summed E-state index contributed by atoms with van der Waals surface area (Å²) in [4.78, 5) is 22.4. The van der Waals surface area contributed by atoms with Crippen LogP contribution in [0.1, 0.15) is 58.4 Å². The zero-order valence-electron chi connectivity index (χ0n) is 15.1. The average Bonchev–Trinajstić information content (AvgIpc) is 3.34. The zero-order valence-corrected chi connectivity index (χ0v) is 15.9. The van der Waals surface area contributed by atoms with Crippen LogP contribution in [0, 0.1) is 0 Å². The highest BCUT2D eigenvalue weighted by Gasteiger charge is 2.24. The van der Waals surface area contributed by atoms with Crippen LogP contribution in [0.3, 0.4) is 0 Å². The first-order valence-corrected chi connectivity index (χ1v) is 10.1. The van der Waals surface area contributed by atoms with Crippen LogP contribution in [0.15, 0.2) is 12.3 Å². The normalized spacial score (nSPS) is 19.4. The van der Waals surface area contributed by atoms with Gasteiger partial charge in [0.05, 0.1) is 36.8 Å². The van der Waals surface area contributed by atoms with Gasteiger partial charge in [-0.3, -0.25) is 14.4 Å². The molecule has 2 aromatic heterocycles. The highest BCUT2D eigenvalue weighted by atomic mass is 32.1. The first-order valence-electron chi connectivity index (χ1n) is 9.31. The number of hydrogen-bond acceptors (Lipinski definition) is 6. The van der Waals surface area contributed by atoms with Crippen LogP contribution >= 0.6 is 11.3 Å². The fraction of sp³-hybridized carbons (Fsp3) is 0.611. The Labute approximate surface area is 157 Å². The highest BCUT2D eigenvalue weighted by molar-refractivity contribution is 7.13. The van der Waals surface area contributed by atoms with Crippen molar-refractivity contribution in [2.24, 2.45) is 0 Å². The number of carbonyl (C=O) groups excluding carboxylic acids is 1. The molecule has 140 valence electrons. The molecule has 4 heterocycles. The molecule has 8 heteroatoms. The van der Waals surface area contributed by atoms with Crippen molar-refractivity contribution in [1.29, 1.82) is 0 Å². The second-order valence-corrected chi connectivity index (χ2v) is 8.26. The third kappa shape index (κ3) is 3.67. The molecule has 1 saturated heterocycles. The Morgan fingerprint density at radius 3 is 2.85 bits per heavy atom. The van der Waals surface area contributed by atoms with Gasteiger partial charge < -0.3 is 10.0 Å². The van der Waals surface area contributed by atoms with Gasteiger partial charge in [0.15, 0.2) is 0 Å². The Kier molecular flexibility index (Phi) is 5.06. The van der Waals surface area contributed by atoms with Crippen LogP contribution in [0.2, 0.25) is 0 Å². The third-order valence-corrected chi connectivity index (χ3v) is 6.04. The summed E-state index contributed by atoms with van der Waals surface area (Å²) in [7, 11) is 0. The van der Waals surface area contributed by atoms with Gasteiger partial charge in [0, 0.05) is 13.1 Å². The van der Waals surface area contributed by atoms with Crippen molar-refractivity contribution in [2.45, 2.75) is 51.9 Å². The maximum atomic E-state index is 13.0. The van der Waals surface area contributed by atoms with Gasteiger partial charge in [-0.05, 0) is 45.3 Å². The standard InChI is InChI=1S/C18H25N5O2S/c1-13(24)15-9-14-11-22(7-4-8-23(14)20-15)18(25)16-10-19-17(26-16)12-21-5-2-3-6-21/h9-10,13,24H,2-8,11-12H2,1H3/t13-/m1/s1. The minimum absolute atomic E-state index is 0.0448. The maximum Gasteiger partial charge on any atom is 0.265 e. The zero-order chi connectivity index (χ0) is 18.1. The van der Waals surface area contributed by atoms with Crippen molar-refractivity contribution < 1.29 is 9.90 Å². The van der Waals surface area contributed by atoms with E-state index in [2.05, 4.69) is 15.0 Å². The molecule has 1 fully saturated rings. The molecular formula is C18H25N5O2S. The molecule has 4 rings (SSSR count). The van der Waals surface area contributed by atoms with Crippen molar-refractivity contribution in [2.75, 3.05) is 19.6 Å². The lowest BCUT2D eigenvalue weighted by atomic mass is 10.2. The van der Waals surface area contributed by atoms with Gasteiger partial charge in [-0.25, -0.2) is 4.98 Å². The van der Waals surface area contributed by atoms with E-state index >= 15 is 0 Å². The highest BCUT2D eigenvalue weighted by Crippen LogP contribution is 2.23. The van der Waals surface area contributed by atoms with Crippen molar-refractivity contribution >= 4 is 17.2 Å². The summed E-state index contributed by atoms with van der Waals surface area (Å²) in [6.07, 6.45) is 4.51. The van der Waals surface area contributed by atoms with E-state index in [1.165, 1.54) is 24.2 Å². The van der Waals surface area contributed by atoms with Crippen LogP contribution in [-0.4, -0.2) is 55.2 Å². The molecule has 1 N–H and O–H groups in total. The van der Waals surface area contributed by atoms with Gasteiger partial charge in [0.2, 0.25) is 0 Å². The number of aryl methyl sites for hydroxylation is 1. The van der Waals surface area contributed by atoms with E-state index in [0.717, 1.165) is 43.3 Å². The summed E-state index contributed by atoms with van der Waals surface area (Å²) in [6, 6.07) is 1.90. The summed E-state index contributed by atoms with van der Waals surface area (Å²) >= 11 is 1.51. The second kappa shape index (κ2) is 7.46. The number of aliphatic hydroxyl groups excluding tert-OH is 1. The van der Waals surface area contributed by atoms with Crippen molar-refractivity contribution in [3.8, 4) is 0 Å². The van der Waals surface area contributed by atoms with E-state index in [1.807, 2.05) is 15.6 Å². The molecule has 0 aliphatic carbocycles. The summed E-state index contributed by atoms with van der Waals surface area (Å²) in [5.41, 5.74) is 1.65. The van der Waals surface area contributed by atoms with E-state index in [1.54, 1.807) is 13.1 Å². The lowest BCUT2D eigenvalue weighted by Crippen LogP contribution is -2.30. The van der Waals surface area contributed by atoms with E-state index < -0.39 is 6.10 Å². The molecule has 0 saturated carbocycles. The maximum absolute atomic E-state index is 13.0. The molecular weight excluding hydrogens is 350 g/mol. The number of rotatable bonds is 4. The first-order chi connectivity index (χ1) is 12.6. The lowest BCUT2D eigenvalue weighted by Gasteiger charge is -2.18. The Hall–Kier alpha value is -1.77. The molecule has 2 aliphatic heterocycles. The molecule has 7 nitrogen and oxygen atoms in total. The van der Waals surface area contributed by atoms with Crippen LogP contribution in [0.5, 0.6) is 0 Å². The molecule has 0 unspecified atom stereocenters. The number of thiazole rings is 1. The van der Waals surface area contributed by atoms with Gasteiger partial charge in [0.25, 0.3) is 5.91 Å². The van der Waals surface area contributed by atoms with Crippen molar-refractivity contribution in [3.05, 3.63) is 33.5 Å². The summed E-state index contributed by atoms with van der Waals surface area (Å²) in [6.45, 7) is 6.83. The fourth-order valence-electron chi connectivity index (χ4n) is 3.63. The Morgan fingerprint density at radius 2 is 2.08 bits per heavy atom. The Morgan fingerprint density at radius 1 is 1.27 bits per heavy atom. The lowest BCUT2D eigenvalue weighted by molar-refractivity contribution is 0.0750. The number of amides is 1. The molecule has 26 heavy (non-hydrogen) atoms. The Bertz CT molecular complexity index is 778. The number of aliphatic hydroxyl groups is 1. The van der Waals surface area contributed by atoms with Gasteiger partial charge in [-0.15, -0.1) is 11.3 Å². The number of hydrogen-bond donors (Lipinski definition) is 1. The summed E-state index contributed by atoms with van der Waals surface area (Å²) in [5.74, 6) is 0.0448. The number of aromatic nitrogens is 3. The quantitative estimate of drug-likeness (QED) is 0.885. The van der Waals surface area contributed by atoms with E-state index in [9.17, 15) is 9.90 Å². The van der Waals surface area contributed by atoms with Gasteiger partial charge in [-0.1, -0.05) is 0 Å². The van der Waals surface area contributed by atoms with Gasteiger partial charge >= 0.3 is 0 Å². The fourth-order valence-corrected chi connectivity index (χ4v) is 4.56. The minimum Gasteiger partial charge on any atom is -0.387 e. The number of likely N-dealkylation sites (tertiary alicyclic amines) is 1. The molecule has 2 aliphatic rings. The molecule has 0 spiro atoms. The molecule has 0 radical (unpaired) electrons. The third-order valence-electron chi connectivity index (χ3n) is 5.07. The predicted octanol–water partition coefficient (Wildman–Crippen LogP) is 2.03. The van der Waals surface area contributed by atoms with Crippen LogP contribution in [-0.2, 0) is 19.6 Å². The van der Waals surface area contributed by atoms with Crippen molar-refractivity contribution in [3.63, 3.8) is 0 Å². The SMILES string of the molecule is C[C@@H](O)c1cc2n(n1)CCCN(C(=O)c1cnc(CN3CCCC3)s1)C2. The number of carbonyl (C=O) groups is 1. The van der Waals surface area contributed by atoms with E-state index in [0.29, 0.717) is 23.7 Å². The molecule has 2 aromatic rings. The second-order valence-electron chi connectivity index (χ2n) is 7.14. The van der Waals surface area contributed by atoms with Crippen molar-refractivity contribution in [1.82, 2.24) is 24.6 Å². The van der Waals surface area contributed by atoms with E-state index in [-0.39, 0.29) is 5.91 Å². The number of nitrogens with zero attached hydrogens (tertiary/aromatic N) is 5. The van der Waals surface area contributed by atoms with Crippen LogP contribution < -0.4 is 0 Å². The summed E-state index contributed by atoms with van der Waals surface area (Å²) < 4.78 is 1.92. The number of fused-ring (bicyclic) bond motifs is 1. The first kappa shape index (κ1) is 17.6. The molecule has 1 amide bonds. The van der Waals surface area contributed by atoms with Crippen LogP contribution in [0.25, 0.3) is 0 Å². The van der Waals surface area contributed by atoms with Gasteiger partial charge in [-0.2, -0.15) is 5.10 Å². The van der Waals surface area contributed by atoms with Crippen LogP contribution in [0.4, 0.5) is 0 Å². The average molecular weight is 375 g/mol. The van der Waals surface area contributed by atoms with E-state index in [4.69, 9.17) is 0 Å². The minimum atomic E-state index is -0.590. The molecule has 0 bridgehead atoms. The van der Waals surface area contributed by atoms with Gasteiger partial charge in [0.1, 0.15) is 9.88 Å². The monoisotopic (exact) mass is 375 g/mol. The Balaban J connectivity index is 1.46. The predicted molar refractivity (Wildman–Crippen MR) is 98.8 cm³/mol. The largest absolute Gasteiger partial charge is 0.387 e. The molecule has 1 atom stereocenters. The topological polar surface area (TPSA) is 74.5 Å².